The fourth-order valence-electron chi connectivity index (χ4n) is 1.07. The first-order valence-electron chi connectivity index (χ1n) is 4.27. The summed E-state index contributed by atoms with van der Waals surface area (Å²) in [5, 5.41) is 0. The molecular weight excluding hydrogens is 230 g/mol. The van der Waals surface area contributed by atoms with E-state index in [-0.39, 0.29) is 6.10 Å². The summed E-state index contributed by atoms with van der Waals surface area (Å²) in [6.07, 6.45) is 0.197. The van der Waals surface area contributed by atoms with Gasteiger partial charge < -0.3 is 9.08 Å². The lowest BCUT2D eigenvalue weighted by molar-refractivity contribution is 0.244. The molecule has 0 aliphatic rings. The van der Waals surface area contributed by atoms with E-state index < -0.39 is 0 Å². The molecule has 1 aromatic carbocycles. The Balaban J connectivity index is 2.92. The van der Waals surface area contributed by atoms with Crippen LogP contribution in [0.1, 0.15) is 19.4 Å². The molecular formula is C10H14BrNO. The molecule has 0 aliphatic carbocycles. The molecule has 0 aromatic heterocycles. The third-order valence-corrected chi connectivity index (χ3v) is 2.03. The Hall–Kier alpha value is -0.700. The van der Waals surface area contributed by atoms with Crippen molar-refractivity contribution in [3.8, 4) is 5.75 Å². The third kappa shape index (κ3) is 2.92. The van der Waals surface area contributed by atoms with Crippen molar-refractivity contribution in [2.45, 2.75) is 26.9 Å². The Bertz CT molecular complexity index is 286. The van der Waals surface area contributed by atoms with Gasteiger partial charge in [-0.1, -0.05) is 6.07 Å². The van der Waals surface area contributed by atoms with Gasteiger partial charge in [0.1, 0.15) is 5.75 Å². The predicted molar refractivity (Wildman–Crippen MR) is 59.5 cm³/mol. The van der Waals surface area contributed by atoms with Crippen LogP contribution in [0, 0.1) is 6.92 Å². The van der Waals surface area contributed by atoms with Crippen LogP contribution in [0.2, 0.25) is 0 Å². The summed E-state index contributed by atoms with van der Waals surface area (Å²) in [5.41, 5.74) is 2.17. The SMILES string of the molecule is Cc1ccc(OC(C)C)c(NBr)c1. The van der Waals surface area contributed by atoms with E-state index in [2.05, 4.69) is 20.5 Å². The highest BCUT2D eigenvalue weighted by molar-refractivity contribution is 9.10. The molecule has 0 radical (unpaired) electrons. The Labute approximate surface area is 87.6 Å². The zero-order valence-electron chi connectivity index (χ0n) is 8.10. The molecule has 3 heteroatoms. The van der Waals surface area contributed by atoms with Crippen LogP contribution in [0.4, 0.5) is 5.69 Å². The number of halogens is 1. The van der Waals surface area contributed by atoms with Crippen LogP contribution in [-0.2, 0) is 0 Å². The van der Waals surface area contributed by atoms with Crippen molar-refractivity contribution in [2.75, 3.05) is 4.34 Å². The third-order valence-electron chi connectivity index (χ3n) is 1.60. The van der Waals surface area contributed by atoms with Gasteiger partial charge in [0.05, 0.1) is 11.8 Å². The number of ether oxygens (including phenoxy) is 1. The standard InChI is InChI=1S/C10H14BrNO/c1-7(2)13-10-5-4-8(3)6-9(10)12-11/h4-7,12H,1-3H3. The average Bonchev–Trinajstić information content (AvgIpc) is 2.07. The van der Waals surface area contributed by atoms with Gasteiger partial charge in [-0.05, 0) is 38.5 Å². The van der Waals surface area contributed by atoms with Crippen LogP contribution in [-0.4, -0.2) is 6.10 Å². The minimum absolute atomic E-state index is 0.197. The van der Waals surface area contributed by atoms with E-state index in [0.29, 0.717) is 0 Å². The van der Waals surface area contributed by atoms with Crippen molar-refractivity contribution in [1.29, 1.82) is 0 Å². The molecule has 0 bridgehead atoms. The van der Waals surface area contributed by atoms with Gasteiger partial charge in [-0.2, -0.15) is 0 Å². The highest BCUT2D eigenvalue weighted by Gasteiger charge is 2.04. The van der Waals surface area contributed by atoms with Gasteiger partial charge in [0.25, 0.3) is 0 Å². The fourth-order valence-corrected chi connectivity index (χ4v) is 1.38. The predicted octanol–water partition coefficient (Wildman–Crippen LogP) is 3.50. The Morgan fingerprint density at radius 2 is 2.08 bits per heavy atom. The minimum Gasteiger partial charge on any atom is -0.489 e. The summed E-state index contributed by atoms with van der Waals surface area (Å²) in [5.74, 6) is 0.873. The summed E-state index contributed by atoms with van der Waals surface area (Å²) in [7, 11) is 0. The van der Waals surface area contributed by atoms with Gasteiger partial charge in [-0.25, -0.2) is 0 Å². The molecule has 0 fully saturated rings. The molecule has 0 aliphatic heterocycles. The highest BCUT2D eigenvalue weighted by atomic mass is 79.9. The highest BCUT2D eigenvalue weighted by Crippen LogP contribution is 2.27. The first-order chi connectivity index (χ1) is 6.13. The van der Waals surface area contributed by atoms with Crippen molar-refractivity contribution in [2.24, 2.45) is 0 Å². The molecule has 0 heterocycles. The second-order valence-corrected chi connectivity index (χ2v) is 3.66. The lowest BCUT2D eigenvalue weighted by atomic mass is 10.2. The zero-order valence-corrected chi connectivity index (χ0v) is 9.68. The van der Waals surface area contributed by atoms with E-state index in [1.807, 2.05) is 39.0 Å². The number of nitrogens with one attached hydrogen (secondary N) is 1. The van der Waals surface area contributed by atoms with Gasteiger partial charge in [0, 0.05) is 16.1 Å². The summed E-state index contributed by atoms with van der Waals surface area (Å²) in [6, 6.07) is 6.04. The van der Waals surface area contributed by atoms with Crippen molar-refractivity contribution < 1.29 is 4.74 Å². The van der Waals surface area contributed by atoms with Gasteiger partial charge in [0.15, 0.2) is 0 Å². The number of benzene rings is 1. The van der Waals surface area contributed by atoms with E-state index in [1.165, 1.54) is 5.56 Å². The maximum atomic E-state index is 5.60. The zero-order chi connectivity index (χ0) is 9.84. The number of hydrogen-bond donors (Lipinski definition) is 1. The fraction of sp³-hybridized carbons (Fsp3) is 0.400. The van der Waals surface area contributed by atoms with Crippen molar-refractivity contribution in [1.82, 2.24) is 0 Å². The molecule has 13 heavy (non-hydrogen) atoms. The first-order valence-corrected chi connectivity index (χ1v) is 5.06. The quantitative estimate of drug-likeness (QED) is 0.821. The molecule has 1 rings (SSSR count). The molecule has 72 valence electrons. The molecule has 2 nitrogen and oxygen atoms in total. The van der Waals surface area contributed by atoms with E-state index in [0.717, 1.165) is 11.4 Å². The smallest absolute Gasteiger partial charge is 0.143 e. The monoisotopic (exact) mass is 243 g/mol. The topological polar surface area (TPSA) is 21.3 Å². The molecule has 0 amide bonds. The van der Waals surface area contributed by atoms with Gasteiger partial charge >= 0.3 is 0 Å². The normalized spacial score (nSPS) is 10.2. The first kappa shape index (κ1) is 10.4. The average molecular weight is 244 g/mol. The molecule has 0 saturated carbocycles. The maximum absolute atomic E-state index is 5.60. The van der Waals surface area contributed by atoms with E-state index in [1.54, 1.807) is 0 Å². The van der Waals surface area contributed by atoms with E-state index in [4.69, 9.17) is 4.74 Å². The molecule has 0 spiro atoms. The van der Waals surface area contributed by atoms with Crippen LogP contribution in [0.5, 0.6) is 5.75 Å². The van der Waals surface area contributed by atoms with Crippen molar-refractivity contribution in [3.63, 3.8) is 0 Å². The number of hydrogen-bond acceptors (Lipinski definition) is 2. The van der Waals surface area contributed by atoms with E-state index in [9.17, 15) is 0 Å². The minimum atomic E-state index is 0.197. The Kier molecular flexibility index (Phi) is 3.60. The molecule has 0 saturated heterocycles. The van der Waals surface area contributed by atoms with E-state index >= 15 is 0 Å². The van der Waals surface area contributed by atoms with Crippen LogP contribution >= 0.6 is 16.1 Å². The van der Waals surface area contributed by atoms with Gasteiger partial charge in [-0.15, -0.1) is 0 Å². The Morgan fingerprint density at radius 1 is 1.38 bits per heavy atom. The van der Waals surface area contributed by atoms with Crippen molar-refractivity contribution >= 4 is 21.8 Å². The van der Waals surface area contributed by atoms with Gasteiger partial charge in [0.2, 0.25) is 0 Å². The number of rotatable bonds is 3. The summed E-state index contributed by atoms with van der Waals surface area (Å²) in [4.78, 5) is 0. The number of anilines is 1. The molecule has 0 atom stereocenters. The summed E-state index contributed by atoms with van der Waals surface area (Å²) in [6.45, 7) is 6.07. The molecule has 0 unspecified atom stereocenters. The molecule has 1 N–H and O–H groups in total. The van der Waals surface area contributed by atoms with Crippen LogP contribution in [0.25, 0.3) is 0 Å². The number of aryl methyl sites for hydroxylation is 1. The maximum Gasteiger partial charge on any atom is 0.143 e. The van der Waals surface area contributed by atoms with Crippen LogP contribution in [0.15, 0.2) is 18.2 Å². The second-order valence-electron chi connectivity index (χ2n) is 3.26. The molecule has 1 aromatic rings. The largest absolute Gasteiger partial charge is 0.489 e. The second kappa shape index (κ2) is 4.51. The lowest BCUT2D eigenvalue weighted by Crippen LogP contribution is -2.06. The summed E-state index contributed by atoms with van der Waals surface area (Å²) >= 11 is 3.20. The lowest BCUT2D eigenvalue weighted by Gasteiger charge is -2.13. The Morgan fingerprint density at radius 3 is 2.62 bits per heavy atom. The van der Waals surface area contributed by atoms with Crippen molar-refractivity contribution in [3.05, 3.63) is 23.8 Å². The van der Waals surface area contributed by atoms with Gasteiger partial charge in [-0.3, -0.25) is 0 Å². The van der Waals surface area contributed by atoms with Crippen LogP contribution in [0.3, 0.4) is 0 Å². The van der Waals surface area contributed by atoms with Crippen LogP contribution < -0.4 is 9.08 Å². The summed E-state index contributed by atoms with van der Waals surface area (Å²) < 4.78 is 8.53.